The number of rotatable bonds is 0. The Balaban J connectivity index is 2.61. The Labute approximate surface area is 122 Å². The molecule has 5 heteroatoms. The number of hydrogen-bond donors (Lipinski definition) is 0. The standard InChI is InChI=1S/C13H5Cl3OS/c14-8-3-1-2-6-12(17)7-4-9(15)10(16)5-11(7)18-13(6)8/h1-5H. The lowest BCUT2D eigenvalue weighted by Gasteiger charge is -2.04. The third-order valence-corrected chi connectivity index (χ3v) is 5.04. The first-order valence-corrected chi connectivity index (χ1v) is 7.03. The van der Waals surface area contributed by atoms with Gasteiger partial charge in [-0.3, -0.25) is 4.79 Å². The van der Waals surface area contributed by atoms with Crippen LogP contribution in [0.5, 0.6) is 0 Å². The molecule has 0 bridgehead atoms. The van der Waals surface area contributed by atoms with Crippen molar-refractivity contribution >= 4 is 66.3 Å². The fraction of sp³-hybridized carbons (Fsp3) is 0. The monoisotopic (exact) mass is 314 g/mol. The smallest absolute Gasteiger partial charge is 0.195 e. The maximum Gasteiger partial charge on any atom is 0.195 e. The molecular weight excluding hydrogens is 311 g/mol. The Morgan fingerprint density at radius 2 is 1.61 bits per heavy atom. The SMILES string of the molecule is O=c1c2cc(Cl)c(Cl)cc2sc2c(Cl)cccc12. The van der Waals surface area contributed by atoms with Crippen molar-refractivity contribution in [2.45, 2.75) is 0 Å². The van der Waals surface area contributed by atoms with E-state index in [4.69, 9.17) is 34.8 Å². The van der Waals surface area contributed by atoms with Crippen LogP contribution in [0.3, 0.4) is 0 Å². The van der Waals surface area contributed by atoms with Gasteiger partial charge in [-0.25, -0.2) is 0 Å². The fourth-order valence-corrected chi connectivity index (χ4v) is 3.61. The van der Waals surface area contributed by atoms with Gasteiger partial charge in [-0.15, -0.1) is 11.3 Å². The molecule has 0 saturated heterocycles. The van der Waals surface area contributed by atoms with Gasteiger partial charge in [0.15, 0.2) is 5.43 Å². The van der Waals surface area contributed by atoms with Crippen LogP contribution >= 0.6 is 46.1 Å². The Bertz CT molecular complexity index is 839. The zero-order valence-electron chi connectivity index (χ0n) is 8.84. The molecule has 0 amide bonds. The molecule has 0 aliphatic rings. The quantitative estimate of drug-likeness (QED) is 0.509. The predicted octanol–water partition coefficient (Wildman–Crippen LogP) is 5.37. The first-order chi connectivity index (χ1) is 8.58. The molecule has 2 aromatic carbocycles. The molecule has 3 aromatic rings. The summed E-state index contributed by atoms with van der Waals surface area (Å²) in [6.07, 6.45) is 0. The maximum absolute atomic E-state index is 12.4. The lowest BCUT2D eigenvalue weighted by Crippen LogP contribution is -2.00. The minimum atomic E-state index is -0.0696. The summed E-state index contributed by atoms with van der Waals surface area (Å²) in [4.78, 5) is 12.4. The molecule has 3 rings (SSSR count). The second-order valence-corrected chi connectivity index (χ2v) is 6.08. The van der Waals surface area contributed by atoms with E-state index in [1.165, 1.54) is 11.3 Å². The Hall–Kier alpha value is -0.800. The van der Waals surface area contributed by atoms with E-state index in [9.17, 15) is 4.79 Å². The zero-order valence-corrected chi connectivity index (χ0v) is 11.9. The van der Waals surface area contributed by atoms with Gasteiger partial charge in [0.25, 0.3) is 0 Å². The summed E-state index contributed by atoms with van der Waals surface area (Å²) < 4.78 is 1.56. The van der Waals surface area contributed by atoms with Gasteiger partial charge in [0, 0.05) is 15.5 Å². The van der Waals surface area contributed by atoms with E-state index in [0.717, 1.165) is 9.40 Å². The van der Waals surface area contributed by atoms with Crippen molar-refractivity contribution in [3.05, 3.63) is 55.6 Å². The molecule has 0 aliphatic heterocycles. The van der Waals surface area contributed by atoms with E-state index in [0.29, 0.717) is 25.8 Å². The van der Waals surface area contributed by atoms with Crippen molar-refractivity contribution in [1.82, 2.24) is 0 Å². The highest BCUT2D eigenvalue weighted by molar-refractivity contribution is 7.25. The van der Waals surface area contributed by atoms with Crippen molar-refractivity contribution in [3.8, 4) is 0 Å². The highest BCUT2D eigenvalue weighted by atomic mass is 35.5. The van der Waals surface area contributed by atoms with Crippen LogP contribution in [0, 0.1) is 0 Å². The summed E-state index contributed by atoms with van der Waals surface area (Å²) in [6.45, 7) is 0. The Morgan fingerprint density at radius 1 is 0.889 bits per heavy atom. The van der Waals surface area contributed by atoms with Crippen LogP contribution in [0.1, 0.15) is 0 Å². The third kappa shape index (κ3) is 1.81. The molecule has 0 unspecified atom stereocenters. The average Bonchev–Trinajstić information content (AvgIpc) is 2.34. The minimum Gasteiger partial charge on any atom is -0.289 e. The highest BCUT2D eigenvalue weighted by Gasteiger charge is 2.10. The van der Waals surface area contributed by atoms with E-state index in [1.54, 1.807) is 30.3 Å². The maximum atomic E-state index is 12.4. The molecule has 0 spiro atoms. The van der Waals surface area contributed by atoms with Crippen LogP contribution in [0.4, 0.5) is 0 Å². The summed E-state index contributed by atoms with van der Waals surface area (Å²) in [7, 11) is 0. The summed E-state index contributed by atoms with van der Waals surface area (Å²) in [5, 5.41) is 2.58. The molecule has 0 N–H and O–H groups in total. The molecule has 0 atom stereocenters. The average molecular weight is 316 g/mol. The van der Waals surface area contributed by atoms with E-state index >= 15 is 0 Å². The van der Waals surface area contributed by atoms with Crippen LogP contribution in [-0.4, -0.2) is 0 Å². The van der Waals surface area contributed by atoms with Gasteiger partial charge in [-0.1, -0.05) is 40.9 Å². The van der Waals surface area contributed by atoms with Gasteiger partial charge in [0.05, 0.1) is 19.8 Å². The third-order valence-electron chi connectivity index (χ3n) is 2.69. The number of fused-ring (bicyclic) bond motifs is 2. The minimum absolute atomic E-state index is 0.0696. The van der Waals surface area contributed by atoms with Crippen molar-refractivity contribution in [2.24, 2.45) is 0 Å². The lowest BCUT2D eigenvalue weighted by atomic mass is 10.2. The van der Waals surface area contributed by atoms with Gasteiger partial charge in [0.2, 0.25) is 0 Å². The van der Waals surface area contributed by atoms with Gasteiger partial charge in [0.1, 0.15) is 0 Å². The Morgan fingerprint density at radius 3 is 2.39 bits per heavy atom. The van der Waals surface area contributed by atoms with E-state index in [1.807, 2.05) is 0 Å². The van der Waals surface area contributed by atoms with Gasteiger partial charge >= 0.3 is 0 Å². The lowest BCUT2D eigenvalue weighted by molar-refractivity contribution is 1.74. The van der Waals surface area contributed by atoms with Crippen molar-refractivity contribution in [1.29, 1.82) is 0 Å². The van der Waals surface area contributed by atoms with Crippen LogP contribution in [0.15, 0.2) is 35.1 Å². The molecule has 0 aliphatic carbocycles. The summed E-state index contributed by atoms with van der Waals surface area (Å²) in [5.74, 6) is 0. The molecule has 90 valence electrons. The van der Waals surface area contributed by atoms with Gasteiger partial charge < -0.3 is 0 Å². The molecule has 0 radical (unpaired) electrons. The van der Waals surface area contributed by atoms with Crippen LogP contribution in [-0.2, 0) is 0 Å². The van der Waals surface area contributed by atoms with Crippen molar-refractivity contribution in [3.63, 3.8) is 0 Å². The number of hydrogen-bond acceptors (Lipinski definition) is 2. The topological polar surface area (TPSA) is 17.1 Å². The van der Waals surface area contributed by atoms with Crippen molar-refractivity contribution < 1.29 is 0 Å². The Kier molecular flexibility index (Phi) is 2.99. The van der Waals surface area contributed by atoms with Crippen LogP contribution < -0.4 is 5.43 Å². The molecular formula is C13H5Cl3OS. The van der Waals surface area contributed by atoms with Crippen LogP contribution in [0.25, 0.3) is 20.2 Å². The van der Waals surface area contributed by atoms with E-state index < -0.39 is 0 Å². The normalized spacial score (nSPS) is 11.3. The molecule has 1 aromatic heterocycles. The first-order valence-electron chi connectivity index (χ1n) is 5.08. The summed E-state index contributed by atoms with van der Waals surface area (Å²) >= 11 is 19.5. The zero-order chi connectivity index (χ0) is 12.9. The molecule has 18 heavy (non-hydrogen) atoms. The number of halogens is 3. The second-order valence-electron chi connectivity index (χ2n) is 3.81. The second kappa shape index (κ2) is 4.39. The van der Waals surface area contributed by atoms with Gasteiger partial charge in [-0.05, 0) is 24.3 Å². The first kappa shape index (κ1) is 12.2. The highest BCUT2D eigenvalue weighted by Crippen LogP contribution is 2.34. The summed E-state index contributed by atoms with van der Waals surface area (Å²) in [5.41, 5.74) is -0.0696. The van der Waals surface area contributed by atoms with Crippen LogP contribution in [0.2, 0.25) is 15.1 Å². The molecule has 1 nitrogen and oxygen atoms in total. The summed E-state index contributed by atoms with van der Waals surface area (Å²) in [6, 6.07) is 8.61. The molecule has 0 fully saturated rings. The van der Waals surface area contributed by atoms with E-state index in [2.05, 4.69) is 0 Å². The largest absolute Gasteiger partial charge is 0.289 e. The fourth-order valence-electron chi connectivity index (χ4n) is 1.84. The van der Waals surface area contributed by atoms with Gasteiger partial charge in [-0.2, -0.15) is 0 Å². The predicted molar refractivity (Wildman–Crippen MR) is 80.6 cm³/mol. The number of benzene rings is 2. The molecule has 0 saturated carbocycles. The van der Waals surface area contributed by atoms with Crippen molar-refractivity contribution in [2.75, 3.05) is 0 Å². The molecule has 1 heterocycles. The van der Waals surface area contributed by atoms with E-state index in [-0.39, 0.29) is 5.43 Å².